The molecule has 0 aromatic heterocycles. The highest BCUT2D eigenvalue weighted by Gasteiger charge is 2.27. The highest BCUT2D eigenvalue weighted by Crippen LogP contribution is 2.08. The summed E-state index contributed by atoms with van der Waals surface area (Å²) in [4.78, 5) is 59.0. The number of carbonyl (C=O) groups excluding carboxylic acids is 4. The van der Waals surface area contributed by atoms with E-state index in [1.54, 1.807) is 11.8 Å². The normalized spacial score (nSPS) is 22.2. The second-order valence-electron chi connectivity index (χ2n) is 8.56. The lowest BCUT2D eigenvalue weighted by molar-refractivity contribution is -0.158. The molecule has 0 aromatic carbocycles. The molecule has 12 nitrogen and oxygen atoms in total. The van der Waals surface area contributed by atoms with Crippen molar-refractivity contribution >= 4 is 61.1 Å². The van der Waals surface area contributed by atoms with Crippen LogP contribution in [0.5, 0.6) is 0 Å². The van der Waals surface area contributed by atoms with Gasteiger partial charge < -0.3 is 34.0 Å². The van der Waals surface area contributed by atoms with Crippen molar-refractivity contribution in [1.29, 1.82) is 0 Å². The standard InChI is InChI=1S/C8H13NO3.C8H15NO2.C7H11NO4.CH2Cl2.B/c1-6(10)8-5-9(7(2)11)3-4-12-8;1-3-8-6-9(7(2)10)4-5-11-8;1-5(9)8-2-3-12-6(4-8)7(10)11;2-1-3;/h8H,3-5H2,1-2H3;8H,3-6H2,1-2H3;6H,2-4H2,1H3,(H,10,11);1H2;. The van der Waals surface area contributed by atoms with Gasteiger partial charge in [0.25, 0.3) is 0 Å². The Kier molecular flexibility index (Phi) is 22.0. The third-order valence-corrected chi connectivity index (χ3v) is 5.79. The summed E-state index contributed by atoms with van der Waals surface area (Å²) in [5.74, 6) is -0.970. The van der Waals surface area contributed by atoms with E-state index in [2.05, 4.69) is 6.92 Å². The lowest BCUT2D eigenvalue weighted by atomic mass is 10.2. The number of ether oxygens (including phenoxy) is 3. The molecule has 3 fully saturated rings. The molecule has 3 radical (unpaired) electrons. The second-order valence-corrected chi connectivity index (χ2v) is 9.37. The molecular weight excluding hydrogens is 556 g/mol. The van der Waals surface area contributed by atoms with Crippen LogP contribution in [0.3, 0.4) is 0 Å². The van der Waals surface area contributed by atoms with E-state index in [1.165, 1.54) is 25.7 Å². The van der Waals surface area contributed by atoms with Crippen LogP contribution in [0.25, 0.3) is 0 Å². The molecular formula is C24H41BCl2N3O9. The van der Waals surface area contributed by atoms with Crippen molar-refractivity contribution in [2.75, 3.05) is 64.4 Å². The number of aliphatic carboxylic acids is 1. The predicted octanol–water partition coefficient (Wildman–Crippen LogP) is 0.825. The number of hydrogen-bond acceptors (Lipinski definition) is 8. The summed E-state index contributed by atoms with van der Waals surface area (Å²) in [5, 5.41) is 8.77. The maximum absolute atomic E-state index is 10.9. The van der Waals surface area contributed by atoms with Gasteiger partial charge in [-0.1, -0.05) is 6.92 Å². The molecule has 3 amide bonds. The minimum atomic E-state index is -1.01. The molecule has 3 heterocycles. The molecule has 3 rings (SSSR count). The van der Waals surface area contributed by atoms with Gasteiger partial charge >= 0.3 is 5.97 Å². The maximum atomic E-state index is 10.9. The fourth-order valence-corrected chi connectivity index (χ4v) is 3.52. The number of alkyl halides is 2. The first-order chi connectivity index (χ1) is 17.9. The number of carboxylic acid groups (broad SMARTS) is 1. The fourth-order valence-electron chi connectivity index (χ4n) is 3.52. The Morgan fingerprint density at radius 1 is 0.718 bits per heavy atom. The van der Waals surface area contributed by atoms with Crippen LogP contribution < -0.4 is 0 Å². The topological polar surface area (TPSA) is 143 Å². The van der Waals surface area contributed by atoms with Crippen molar-refractivity contribution < 1.29 is 43.3 Å². The fraction of sp³-hybridized carbons (Fsp3) is 0.792. The Hall–Kier alpha value is -1.93. The monoisotopic (exact) mass is 596 g/mol. The average Bonchev–Trinajstić information content (AvgIpc) is 2.90. The van der Waals surface area contributed by atoms with Gasteiger partial charge in [0.2, 0.25) is 17.7 Å². The van der Waals surface area contributed by atoms with Gasteiger partial charge in [-0.25, -0.2) is 4.79 Å². The molecule has 1 N–H and O–H groups in total. The molecule has 223 valence electrons. The Bertz CT molecular complexity index is 695. The van der Waals surface area contributed by atoms with Crippen molar-refractivity contribution in [3.8, 4) is 0 Å². The SMILES string of the molecule is CC(=O)C1CN(C(C)=O)CCO1.CC(=O)N1CCOC(C(=O)O)C1.CCC1CN(C(C)=O)CCO1.ClCCl.[B]. The maximum Gasteiger partial charge on any atom is 0.334 e. The zero-order valence-corrected chi connectivity index (χ0v) is 24.9. The molecule has 3 aliphatic rings. The number of halogens is 2. The minimum Gasteiger partial charge on any atom is -0.479 e. The number of ketones is 1. The summed E-state index contributed by atoms with van der Waals surface area (Å²) in [5.41, 5.74) is 0. The molecule has 0 aromatic rings. The first kappa shape index (κ1) is 39.2. The number of nitrogens with zero attached hydrogens (tertiary/aromatic N) is 3. The zero-order chi connectivity index (χ0) is 29.3. The van der Waals surface area contributed by atoms with Crippen LogP contribution in [0.2, 0.25) is 0 Å². The summed E-state index contributed by atoms with van der Waals surface area (Å²) in [6.45, 7) is 12.7. The van der Waals surface area contributed by atoms with E-state index in [0.717, 1.165) is 19.5 Å². The molecule has 3 atom stereocenters. The summed E-state index contributed by atoms with van der Waals surface area (Å²) >= 11 is 9.53. The van der Waals surface area contributed by atoms with Crippen LogP contribution in [-0.4, -0.2) is 140 Å². The molecule has 39 heavy (non-hydrogen) atoms. The predicted molar refractivity (Wildman–Crippen MR) is 147 cm³/mol. The van der Waals surface area contributed by atoms with Crippen LogP contribution in [-0.2, 0) is 38.2 Å². The van der Waals surface area contributed by atoms with Gasteiger partial charge in [0.1, 0.15) is 6.10 Å². The first-order valence-corrected chi connectivity index (χ1v) is 13.4. The highest BCUT2D eigenvalue weighted by molar-refractivity contribution is 6.40. The smallest absolute Gasteiger partial charge is 0.334 e. The van der Waals surface area contributed by atoms with Crippen molar-refractivity contribution in [2.24, 2.45) is 0 Å². The van der Waals surface area contributed by atoms with Crippen LogP contribution in [0.4, 0.5) is 0 Å². The summed E-state index contributed by atoms with van der Waals surface area (Å²) in [6, 6.07) is 0. The van der Waals surface area contributed by atoms with E-state index < -0.39 is 18.2 Å². The molecule has 0 saturated carbocycles. The molecule has 3 unspecified atom stereocenters. The Balaban J connectivity index is 0. The summed E-state index contributed by atoms with van der Waals surface area (Å²) in [7, 11) is 0. The highest BCUT2D eigenvalue weighted by atomic mass is 35.5. The first-order valence-electron chi connectivity index (χ1n) is 12.3. The zero-order valence-electron chi connectivity index (χ0n) is 23.4. The van der Waals surface area contributed by atoms with Crippen LogP contribution in [0.15, 0.2) is 0 Å². The third-order valence-electron chi connectivity index (χ3n) is 5.79. The van der Waals surface area contributed by atoms with E-state index in [0.29, 0.717) is 39.5 Å². The lowest BCUT2D eigenvalue weighted by Crippen LogP contribution is -2.47. The lowest BCUT2D eigenvalue weighted by Gasteiger charge is -2.31. The number of morpholine rings is 3. The van der Waals surface area contributed by atoms with Crippen molar-refractivity contribution in [2.45, 2.75) is 59.4 Å². The van der Waals surface area contributed by atoms with E-state index in [9.17, 15) is 24.0 Å². The van der Waals surface area contributed by atoms with E-state index in [4.69, 9.17) is 42.5 Å². The minimum absolute atomic E-state index is 0. The van der Waals surface area contributed by atoms with Gasteiger partial charge in [0.15, 0.2) is 11.9 Å². The van der Waals surface area contributed by atoms with Crippen LogP contribution >= 0.6 is 23.2 Å². The Labute approximate surface area is 242 Å². The van der Waals surface area contributed by atoms with E-state index in [1.807, 2.05) is 4.90 Å². The second kappa shape index (κ2) is 21.8. The average molecular weight is 597 g/mol. The van der Waals surface area contributed by atoms with Crippen LogP contribution in [0.1, 0.15) is 41.0 Å². The molecule has 3 aliphatic heterocycles. The van der Waals surface area contributed by atoms with Gasteiger partial charge in [0, 0.05) is 55.4 Å². The number of rotatable bonds is 3. The number of carboxylic acids is 1. The number of amides is 3. The molecule has 0 aliphatic carbocycles. The Morgan fingerprint density at radius 2 is 1.08 bits per heavy atom. The third kappa shape index (κ3) is 16.7. The number of hydrogen-bond donors (Lipinski definition) is 1. The molecule has 3 saturated heterocycles. The van der Waals surface area contributed by atoms with E-state index in [-0.39, 0.29) is 49.9 Å². The van der Waals surface area contributed by atoms with Gasteiger partial charge in [-0.3, -0.25) is 19.2 Å². The molecule has 0 spiro atoms. The van der Waals surface area contributed by atoms with Crippen LogP contribution in [0, 0.1) is 0 Å². The van der Waals surface area contributed by atoms with Gasteiger partial charge in [-0.15, -0.1) is 23.2 Å². The van der Waals surface area contributed by atoms with E-state index >= 15 is 0 Å². The van der Waals surface area contributed by atoms with Gasteiger partial charge in [0.05, 0.1) is 44.4 Å². The Morgan fingerprint density at radius 3 is 1.44 bits per heavy atom. The van der Waals surface area contributed by atoms with Crippen molar-refractivity contribution in [1.82, 2.24) is 14.7 Å². The number of Topliss-reactive ketones (excluding diaryl/α,β-unsaturated/α-hetero) is 1. The summed E-state index contributed by atoms with van der Waals surface area (Å²) in [6.07, 6.45) is -0.0259. The quantitative estimate of drug-likeness (QED) is 0.370. The van der Waals surface area contributed by atoms with Crippen molar-refractivity contribution in [3.05, 3.63) is 0 Å². The summed E-state index contributed by atoms with van der Waals surface area (Å²) < 4.78 is 15.5. The van der Waals surface area contributed by atoms with Gasteiger partial charge in [-0.05, 0) is 13.3 Å². The molecule has 0 bridgehead atoms. The largest absolute Gasteiger partial charge is 0.479 e. The van der Waals surface area contributed by atoms with Crippen molar-refractivity contribution in [3.63, 3.8) is 0 Å². The number of carbonyl (C=O) groups is 5. The van der Waals surface area contributed by atoms with Gasteiger partial charge in [-0.2, -0.15) is 0 Å². The molecule has 15 heteroatoms.